The van der Waals surface area contributed by atoms with Gasteiger partial charge in [-0.05, 0) is 39.4 Å². The summed E-state index contributed by atoms with van der Waals surface area (Å²) in [6, 6.07) is 5.21. The number of carbonyl (C=O) groups is 2. The predicted molar refractivity (Wildman–Crippen MR) is 132 cm³/mol. The highest BCUT2D eigenvalue weighted by molar-refractivity contribution is 7.17. The average Bonchev–Trinajstić information content (AvgIpc) is 3.41. The summed E-state index contributed by atoms with van der Waals surface area (Å²) in [6.07, 6.45) is 1.50. The lowest BCUT2D eigenvalue weighted by Crippen LogP contribution is -2.48. The Bertz CT molecular complexity index is 1210. The zero-order valence-electron chi connectivity index (χ0n) is 19.8. The standard InChI is InChI=1S/C23H29N7O3S/c1-14-5-6-17(31)16(3)21(14)26-22(33)18-12-24-23(34-18)25-19-11-15(2)30(27-19)13-20(32)29-9-7-28(4)8-10-29/h5-6,11-12,31H,7-10,13H2,1-4H3,(H,26,33)(H,24,25,27). The first-order chi connectivity index (χ1) is 16.2. The third-order valence-electron chi connectivity index (χ3n) is 5.97. The third-order valence-corrected chi connectivity index (χ3v) is 6.88. The van der Waals surface area contributed by atoms with Crippen LogP contribution in [0.4, 0.5) is 16.6 Å². The highest BCUT2D eigenvalue weighted by Gasteiger charge is 2.21. The Morgan fingerprint density at radius 3 is 2.62 bits per heavy atom. The van der Waals surface area contributed by atoms with Gasteiger partial charge in [0.2, 0.25) is 5.91 Å². The molecule has 0 atom stereocenters. The number of nitrogens with one attached hydrogen (secondary N) is 2. The highest BCUT2D eigenvalue weighted by Crippen LogP contribution is 2.29. The Morgan fingerprint density at radius 1 is 1.15 bits per heavy atom. The van der Waals surface area contributed by atoms with Gasteiger partial charge >= 0.3 is 0 Å². The minimum absolute atomic E-state index is 0.0524. The van der Waals surface area contributed by atoms with Crippen LogP contribution in [0.5, 0.6) is 5.75 Å². The molecule has 180 valence electrons. The van der Waals surface area contributed by atoms with E-state index >= 15 is 0 Å². The van der Waals surface area contributed by atoms with Crippen LogP contribution in [0.25, 0.3) is 0 Å². The number of anilines is 3. The Kier molecular flexibility index (Phi) is 6.85. The number of benzene rings is 1. The Labute approximate surface area is 202 Å². The number of amides is 2. The van der Waals surface area contributed by atoms with Crippen LogP contribution >= 0.6 is 11.3 Å². The monoisotopic (exact) mass is 483 g/mol. The largest absolute Gasteiger partial charge is 0.508 e. The first-order valence-electron chi connectivity index (χ1n) is 11.1. The molecule has 3 aromatic rings. The number of phenols is 1. The minimum Gasteiger partial charge on any atom is -0.508 e. The van der Waals surface area contributed by atoms with Gasteiger partial charge in [0.25, 0.3) is 5.91 Å². The summed E-state index contributed by atoms with van der Waals surface area (Å²) in [5.74, 6) is 0.438. The number of hydrogen-bond donors (Lipinski definition) is 3. The number of phenolic OH excluding ortho intramolecular Hbond substituents is 1. The summed E-state index contributed by atoms with van der Waals surface area (Å²) in [5, 5.41) is 20.9. The normalized spacial score (nSPS) is 14.3. The van der Waals surface area contributed by atoms with E-state index in [1.165, 1.54) is 17.5 Å². The fraction of sp³-hybridized carbons (Fsp3) is 0.391. The number of likely N-dealkylation sites (N-methyl/N-ethyl adjacent to an activating group) is 1. The van der Waals surface area contributed by atoms with E-state index < -0.39 is 0 Å². The van der Waals surface area contributed by atoms with Crippen molar-refractivity contribution in [2.24, 2.45) is 0 Å². The lowest BCUT2D eigenvalue weighted by molar-refractivity contribution is -0.133. The molecule has 3 N–H and O–H groups in total. The van der Waals surface area contributed by atoms with Crippen molar-refractivity contribution in [3.63, 3.8) is 0 Å². The van der Waals surface area contributed by atoms with Crippen molar-refractivity contribution in [2.75, 3.05) is 43.9 Å². The number of piperazine rings is 1. The quantitative estimate of drug-likeness (QED) is 0.494. The second kappa shape index (κ2) is 9.82. The summed E-state index contributed by atoms with van der Waals surface area (Å²) in [4.78, 5) is 34.2. The lowest BCUT2D eigenvalue weighted by atomic mass is 10.1. The number of thiazole rings is 1. The fourth-order valence-corrected chi connectivity index (χ4v) is 4.48. The molecule has 11 heteroatoms. The molecular weight excluding hydrogens is 454 g/mol. The second-order valence-corrected chi connectivity index (χ2v) is 9.55. The van der Waals surface area contributed by atoms with Crippen LogP contribution in [-0.4, -0.2) is 74.7 Å². The van der Waals surface area contributed by atoms with Crippen LogP contribution in [0.2, 0.25) is 0 Å². The molecule has 4 rings (SSSR count). The molecule has 1 aromatic carbocycles. The van der Waals surface area contributed by atoms with Gasteiger partial charge in [0, 0.05) is 43.5 Å². The summed E-state index contributed by atoms with van der Waals surface area (Å²) in [7, 11) is 2.06. The predicted octanol–water partition coefficient (Wildman–Crippen LogP) is 2.74. The smallest absolute Gasteiger partial charge is 0.267 e. The SMILES string of the molecule is Cc1ccc(O)c(C)c1NC(=O)c1cnc(Nc2cc(C)n(CC(=O)N3CCN(C)CC3)n2)s1. The Morgan fingerprint density at radius 2 is 1.88 bits per heavy atom. The van der Waals surface area contributed by atoms with E-state index in [0.29, 0.717) is 27.1 Å². The zero-order valence-corrected chi connectivity index (χ0v) is 20.6. The molecule has 0 saturated carbocycles. The van der Waals surface area contributed by atoms with Crippen molar-refractivity contribution in [1.29, 1.82) is 0 Å². The molecule has 0 unspecified atom stereocenters. The van der Waals surface area contributed by atoms with Crippen molar-refractivity contribution >= 4 is 39.8 Å². The van der Waals surface area contributed by atoms with Crippen molar-refractivity contribution in [3.8, 4) is 5.75 Å². The van der Waals surface area contributed by atoms with Gasteiger partial charge in [-0.3, -0.25) is 14.3 Å². The molecule has 0 spiro atoms. The highest BCUT2D eigenvalue weighted by atomic mass is 32.1. The number of nitrogens with zero attached hydrogens (tertiary/aromatic N) is 5. The number of aromatic nitrogens is 3. The minimum atomic E-state index is -0.304. The fourth-order valence-electron chi connectivity index (χ4n) is 3.77. The number of aryl methyl sites for hydroxylation is 2. The Hall–Kier alpha value is -3.44. The van der Waals surface area contributed by atoms with E-state index in [-0.39, 0.29) is 24.1 Å². The van der Waals surface area contributed by atoms with Crippen LogP contribution < -0.4 is 10.6 Å². The number of aromatic hydroxyl groups is 1. The summed E-state index contributed by atoms with van der Waals surface area (Å²) in [6.45, 7) is 8.92. The first kappa shape index (κ1) is 23.7. The molecular formula is C23H29N7O3S. The zero-order chi connectivity index (χ0) is 24.4. The maximum absolute atomic E-state index is 12.7. The number of carbonyl (C=O) groups excluding carboxylic acids is 2. The lowest BCUT2D eigenvalue weighted by Gasteiger charge is -2.32. The van der Waals surface area contributed by atoms with E-state index in [9.17, 15) is 14.7 Å². The molecule has 1 saturated heterocycles. The molecule has 0 bridgehead atoms. The van der Waals surface area contributed by atoms with Crippen molar-refractivity contribution in [1.82, 2.24) is 24.6 Å². The molecule has 1 aliphatic heterocycles. The number of rotatable bonds is 6. The second-order valence-electron chi connectivity index (χ2n) is 8.52. The van der Waals surface area contributed by atoms with Crippen molar-refractivity contribution in [3.05, 3.63) is 46.1 Å². The van der Waals surface area contributed by atoms with E-state index in [2.05, 4.69) is 32.7 Å². The molecule has 0 radical (unpaired) electrons. The van der Waals surface area contributed by atoms with Crippen LogP contribution in [0.3, 0.4) is 0 Å². The molecule has 3 heterocycles. The topological polar surface area (TPSA) is 116 Å². The van der Waals surface area contributed by atoms with Gasteiger partial charge in [-0.1, -0.05) is 17.4 Å². The van der Waals surface area contributed by atoms with E-state index in [4.69, 9.17) is 0 Å². The van der Waals surface area contributed by atoms with Crippen LogP contribution in [0.1, 0.15) is 26.5 Å². The molecule has 1 aliphatic rings. The van der Waals surface area contributed by atoms with Gasteiger partial charge in [0.05, 0.1) is 11.9 Å². The van der Waals surface area contributed by atoms with Crippen LogP contribution in [0.15, 0.2) is 24.4 Å². The van der Waals surface area contributed by atoms with Crippen LogP contribution in [0, 0.1) is 20.8 Å². The van der Waals surface area contributed by atoms with Gasteiger partial charge in [0.15, 0.2) is 10.9 Å². The molecule has 10 nitrogen and oxygen atoms in total. The third kappa shape index (κ3) is 5.20. The van der Waals surface area contributed by atoms with Gasteiger partial charge in [0.1, 0.15) is 17.2 Å². The van der Waals surface area contributed by atoms with E-state index in [1.54, 1.807) is 23.7 Å². The molecule has 2 aromatic heterocycles. The van der Waals surface area contributed by atoms with Gasteiger partial charge in [-0.25, -0.2) is 4.98 Å². The van der Waals surface area contributed by atoms with E-state index in [1.807, 2.05) is 24.8 Å². The average molecular weight is 484 g/mol. The van der Waals surface area contributed by atoms with Gasteiger partial charge < -0.3 is 25.5 Å². The first-order valence-corrected chi connectivity index (χ1v) is 11.9. The molecule has 0 aliphatic carbocycles. The Balaban J connectivity index is 1.39. The maximum atomic E-state index is 12.7. The van der Waals surface area contributed by atoms with Crippen LogP contribution in [-0.2, 0) is 11.3 Å². The van der Waals surface area contributed by atoms with Gasteiger partial charge in [-0.2, -0.15) is 5.10 Å². The maximum Gasteiger partial charge on any atom is 0.267 e. The number of hydrogen-bond acceptors (Lipinski definition) is 8. The van der Waals surface area contributed by atoms with Crippen molar-refractivity contribution < 1.29 is 14.7 Å². The molecule has 1 fully saturated rings. The summed E-state index contributed by atoms with van der Waals surface area (Å²) in [5.41, 5.74) is 2.92. The molecule has 34 heavy (non-hydrogen) atoms. The van der Waals surface area contributed by atoms with Crippen molar-refractivity contribution in [2.45, 2.75) is 27.3 Å². The van der Waals surface area contributed by atoms with Gasteiger partial charge in [-0.15, -0.1) is 0 Å². The summed E-state index contributed by atoms with van der Waals surface area (Å²) < 4.78 is 1.68. The van der Waals surface area contributed by atoms with E-state index in [0.717, 1.165) is 37.4 Å². The molecule has 2 amide bonds. The summed E-state index contributed by atoms with van der Waals surface area (Å²) >= 11 is 1.20.